The minimum absolute atomic E-state index is 0. The van der Waals surface area contributed by atoms with Gasteiger partial charge in [0.05, 0.1) is 11.4 Å². The van der Waals surface area contributed by atoms with Crippen LogP contribution in [0, 0.1) is 6.92 Å². The van der Waals surface area contributed by atoms with E-state index < -0.39 is 0 Å². The maximum atomic E-state index is 4.52. The molecular weight excluding hydrogens is 307 g/mol. The van der Waals surface area contributed by atoms with Crippen LogP contribution in [0.2, 0.25) is 0 Å². The van der Waals surface area contributed by atoms with Crippen molar-refractivity contribution >= 4 is 24.8 Å². The van der Waals surface area contributed by atoms with Crippen LogP contribution in [0.5, 0.6) is 0 Å². The lowest BCUT2D eigenvalue weighted by Crippen LogP contribution is -2.27. The van der Waals surface area contributed by atoms with Gasteiger partial charge in [-0.15, -0.1) is 24.8 Å². The van der Waals surface area contributed by atoms with Gasteiger partial charge in [0.2, 0.25) is 0 Å². The molecule has 0 bridgehead atoms. The zero-order valence-electron chi connectivity index (χ0n) is 13.9. The van der Waals surface area contributed by atoms with Crippen molar-refractivity contribution in [3.05, 3.63) is 17.5 Å². The third-order valence-electron chi connectivity index (χ3n) is 3.45. The Balaban J connectivity index is 0. The minimum Gasteiger partial charge on any atom is -0.311 e. The van der Waals surface area contributed by atoms with Gasteiger partial charge in [0.25, 0.3) is 0 Å². The molecule has 1 heterocycles. The summed E-state index contributed by atoms with van der Waals surface area (Å²) in [6, 6.07) is 2.19. The van der Waals surface area contributed by atoms with Crippen molar-refractivity contribution in [3.63, 3.8) is 0 Å². The van der Waals surface area contributed by atoms with Gasteiger partial charge in [0, 0.05) is 13.1 Å². The maximum Gasteiger partial charge on any atom is 0.0597 e. The summed E-state index contributed by atoms with van der Waals surface area (Å²) < 4.78 is 2.13. The van der Waals surface area contributed by atoms with Crippen molar-refractivity contribution in [2.45, 2.75) is 53.6 Å². The van der Waals surface area contributed by atoms with E-state index in [4.69, 9.17) is 0 Å². The highest BCUT2D eigenvalue weighted by atomic mass is 35.5. The fourth-order valence-corrected chi connectivity index (χ4v) is 2.33. The summed E-state index contributed by atoms with van der Waals surface area (Å²) >= 11 is 0. The zero-order chi connectivity index (χ0) is 14.1. The van der Waals surface area contributed by atoms with Gasteiger partial charge in [-0.05, 0) is 52.0 Å². The lowest BCUT2D eigenvalue weighted by atomic mass is 10.3. The summed E-state index contributed by atoms with van der Waals surface area (Å²) in [7, 11) is 0. The Kier molecular flexibility index (Phi) is 14.6. The average molecular weight is 339 g/mol. The topological polar surface area (TPSA) is 33.1 Å². The molecule has 0 saturated heterocycles. The molecule has 0 atom stereocenters. The Morgan fingerprint density at radius 2 is 1.86 bits per heavy atom. The number of halogens is 2. The van der Waals surface area contributed by atoms with Crippen molar-refractivity contribution in [3.8, 4) is 0 Å². The quantitative estimate of drug-likeness (QED) is 0.664. The van der Waals surface area contributed by atoms with Gasteiger partial charge in [0.15, 0.2) is 0 Å². The van der Waals surface area contributed by atoms with Crippen LogP contribution in [0.15, 0.2) is 6.07 Å². The molecule has 0 aliphatic rings. The van der Waals surface area contributed by atoms with Gasteiger partial charge in [-0.25, -0.2) is 0 Å². The molecule has 1 aromatic rings. The number of nitrogens with zero attached hydrogens (tertiary/aromatic N) is 3. The molecule has 1 N–H and O–H groups in total. The van der Waals surface area contributed by atoms with E-state index in [9.17, 15) is 0 Å². The molecule has 126 valence electrons. The first-order valence-electron chi connectivity index (χ1n) is 7.67. The molecule has 0 spiro atoms. The molecule has 0 saturated carbocycles. The number of aryl methyl sites for hydroxylation is 2. The van der Waals surface area contributed by atoms with Gasteiger partial charge >= 0.3 is 0 Å². The van der Waals surface area contributed by atoms with Crippen LogP contribution in [0.1, 0.15) is 45.0 Å². The summed E-state index contributed by atoms with van der Waals surface area (Å²) in [5.41, 5.74) is 2.43. The molecule has 0 aliphatic heterocycles. The van der Waals surface area contributed by atoms with Crippen molar-refractivity contribution in [2.75, 3.05) is 26.2 Å². The Bertz CT molecular complexity index is 351. The molecule has 0 radical (unpaired) electrons. The van der Waals surface area contributed by atoms with Gasteiger partial charge in [-0.3, -0.25) is 4.68 Å². The van der Waals surface area contributed by atoms with Crippen LogP contribution in [-0.2, 0) is 13.1 Å². The zero-order valence-corrected chi connectivity index (χ0v) is 15.5. The Morgan fingerprint density at radius 1 is 1.19 bits per heavy atom. The highest BCUT2D eigenvalue weighted by Crippen LogP contribution is 2.04. The van der Waals surface area contributed by atoms with Crippen LogP contribution in [0.3, 0.4) is 0 Å². The first-order valence-corrected chi connectivity index (χ1v) is 7.67. The number of hydrogen-bond acceptors (Lipinski definition) is 3. The highest BCUT2D eigenvalue weighted by Gasteiger charge is 2.04. The van der Waals surface area contributed by atoms with E-state index in [1.807, 2.05) is 0 Å². The first-order chi connectivity index (χ1) is 9.21. The van der Waals surface area contributed by atoms with Gasteiger partial charge in [0.1, 0.15) is 0 Å². The lowest BCUT2D eigenvalue weighted by Gasteiger charge is -2.17. The Morgan fingerprint density at radius 3 is 2.43 bits per heavy atom. The van der Waals surface area contributed by atoms with Crippen LogP contribution in [-0.4, -0.2) is 40.9 Å². The summed E-state index contributed by atoms with van der Waals surface area (Å²) in [5.74, 6) is 0. The van der Waals surface area contributed by atoms with Crippen LogP contribution in [0.4, 0.5) is 0 Å². The molecule has 0 unspecified atom stereocenters. The van der Waals surface area contributed by atoms with E-state index in [0.717, 1.165) is 44.8 Å². The summed E-state index contributed by atoms with van der Waals surface area (Å²) in [5, 5.41) is 8.05. The fraction of sp³-hybridized carbons (Fsp3) is 0.800. The maximum absolute atomic E-state index is 4.52. The standard InChI is InChI=1S/C15H30N4.2ClH/c1-5-10-19-15(12-14(4)17-19)13-16-9-8-11-18(6-2)7-3;;/h12,16H,5-11,13H2,1-4H3;2*1H. The summed E-state index contributed by atoms with van der Waals surface area (Å²) in [6.07, 6.45) is 2.35. The Hall–Kier alpha value is -0.290. The van der Waals surface area contributed by atoms with Gasteiger partial charge < -0.3 is 10.2 Å². The number of nitrogens with one attached hydrogen (secondary N) is 1. The molecule has 6 heteroatoms. The average Bonchev–Trinajstić information content (AvgIpc) is 2.75. The molecule has 0 aliphatic carbocycles. The number of rotatable bonds is 10. The van der Waals surface area contributed by atoms with Crippen molar-refractivity contribution in [2.24, 2.45) is 0 Å². The second kappa shape index (κ2) is 13.4. The molecular formula is C15H32Cl2N4. The number of hydrogen-bond donors (Lipinski definition) is 1. The van der Waals surface area contributed by atoms with E-state index in [0.29, 0.717) is 0 Å². The van der Waals surface area contributed by atoms with E-state index >= 15 is 0 Å². The van der Waals surface area contributed by atoms with Crippen molar-refractivity contribution < 1.29 is 0 Å². The summed E-state index contributed by atoms with van der Waals surface area (Å²) in [4.78, 5) is 2.47. The predicted molar refractivity (Wildman–Crippen MR) is 95.9 cm³/mol. The fourth-order valence-electron chi connectivity index (χ4n) is 2.33. The third-order valence-corrected chi connectivity index (χ3v) is 3.45. The molecule has 21 heavy (non-hydrogen) atoms. The normalized spacial score (nSPS) is 10.3. The Labute approximate surface area is 142 Å². The molecule has 0 fully saturated rings. The summed E-state index contributed by atoms with van der Waals surface area (Å²) in [6.45, 7) is 15.2. The first kappa shape index (κ1) is 23.0. The second-order valence-electron chi connectivity index (χ2n) is 5.06. The largest absolute Gasteiger partial charge is 0.311 e. The van der Waals surface area contributed by atoms with Crippen molar-refractivity contribution in [1.82, 2.24) is 20.0 Å². The highest BCUT2D eigenvalue weighted by molar-refractivity contribution is 5.85. The number of aromatic nitrogens is 2. The van der Waals surface area contributed by atoms with Crippen molar-refractivity contribution in [1.29, 1.82) is 0 Å². The molecule has 1 aromatic heterocycles. The van der Waals surface area contributed by atoms with E-state index in [1.54, 1.807) is 0 Å². The van der Waals surface area contributed by atoms with E-state index in [-0.39, 0.29) is 24.8 Å². The second-order valence-corrected chi connectivity index (χ2v) is 5.06. The lowest BCUT2D eigenvalue weighted by molar-refractivity contribution is 0.297. The van der Waals surface area contributed by atoms with E-state index in [1.165, 1.54) is 18.7 Å². The van der Waals surface area contributed by atoms with Crippen LogP contribution in [0.25, 0.3) is 0 Å². The smallest absolute Gasteiger partial charge is 0.0597 e. The van der Waals surface area contributed by atoms with Crippen LogP contribution >= 0.6 is 24.8 Å². The van der Waals surface area contributed by atoms with Gasteiger partial charge in [-0.1, -0.05) is 20.8 Å². The van der Waals surface area contributed by atoms with E-state index in [2.05, 4.69) is 53.8 Å². The molecule has 0 aromatic carbocycles. The monoisotopic (exact) mass is 338 g/mol. The third kappa shape index (κ3) is 8.67. The molecule has 0 amide bonds. The van der Waals surface area contributed by atoms with Gasteiger partial charge in [-0.2, -0.15) is 5.10 Å². The van der Waals surface area contributed by atoms with Crippen LogP contribution < -0.4 is 5.32 Å². The molecule has 4 nitrogen and oxygen atoms in total. The minimum atomic E-state index is 0. The molecule has 1 rings (SSSR count). The SMILES string of the molecule is CCCn1nc(C)cc1CNCCCN(CC)CC.Cl.Cl. The predicted octanol–water partition coefficient (Wildman–Crippen LogP) is 3.27.